The number of rotatable bonds is 2. The fourth-order valence-corrected chi connectivity index (χ4v) is 2.88. The second kappa shape index (κ2) is 3.24. The van der Waals surface area contributed by atoms with E-state index in [4.69, 9.17) is 11.2 Å². The van der Waals surface area contributed by atoms with E-state index in [1.807, 2.05) is 13.8 Å². The van der Waals surface area contributed by atoms with Gasteiger partial charge in [0, 0.05) is 5.41 Å². The lowest BCUT2D eigenvalue weighted by atomic mass is 9.74. The number of fused-ring (bicyclic) bond motifs is 2. The molecule has 0 aromatic heterocycles. The maximum Gasteiger partial charge on any atom is 0.310 e. The fourth-order valence-electron chi connectivity index (χ4n) is 2.88. The molecule has 1 aliphatic heterocycles. The molecule has 0 radical (unpaired) electrons. The van der Waals surface area contributed by atoms with Crippen LogP contribution in [0.5, 0.6) is 0 Å². The third-order valence-corrected chi connectivity index (χ3v) is 3.97. The van der Waals surface area contributed by atoms with Crippen LogP contribution in [0.4, 0.5) is 0 Å². The molecule has 2 fully saturated rings. The molecule has 0 aromatic carbocycles. The highest BCUT2D eigenvalue weighted by Crippen LogP contribution is 2.58. The number of ether oxygens (including phenoxy) is 1. The van der Waals surface area contributed by atoms with Gasteiger partial charge in [0.15, 0.2) is 5.60 Å². The van der Waals surface area contributed by atoms with Gasteiger partial charge in [-0.2, -0.15) is 0 Å². The quantitative estimate of drug-likeness (QED) is 0.544. The summed E-state index contributed by atoms with van der Waals surface area (Å²) in [6.07, 6.45) is 6.40. The molecular weight excluding hydrogens is 206 g/mol. The maximum absolute atomic E-state index is 12.1. The van der Waals surface area contributed by atoms with Gasteiger partial charge in [0.25, 0.3) is 5.91 Å². The van der Waals surface area contributed by atoms with Crippen molar-refractivity contribution in [1.29, 1.82) is 0 Å². The van der Waals surface area contributed by atoms with Crippen LogP contribution in [0.2, 0.25) is 0 Å². The van der Waals surface area contributed by atoms with E-state index in [2.05, 4.69) is 11.2 Å². The summed E-state index contributed by atoms with van der Waals surface area (Å²) < 4.78 is 5.30. The summed E-state index contributed by atoms with van der Waals surface area (Å²) in [5, 5.41) is 2.62. The van der Waals surface area contributed by atoms with E-state index in [1.54, 1.807) is 0 Å². The van der Waals surface area contributed by atoms with Gasteiger partial charge in [-0.3, -0.25) is 9.59 Å². The molecule has 4 heteroatoms. The number of amides is 1. The molecule has 1 saturated heterocycles. The van der Waals surface area contributed by atoms with Crippen LogP contribution in [-0.4, -0.2) is 24.0 Å². The van der Waals surface area contributed by atoms with Crippen molar-refractivity contribution in [3.05, 3.63) is 0 Å². The van der Waals surface area contributed by atoms with Crippen molar-refractivity contribution in [3.8, 4) is 12.3 Å². The van der Waals surface area contributed by atoms with Gasteiger partial charge in [-0.05, 0) is 12.8 Å². The predicted molar refractivity (Wildman–Crippen MR) is 57.2 cm³/mol. The SMILES string of the molecule is C#CCNC(=O)C12CCC(C(=O)O1)C2(C)C. The second-order valence-electron chi connectivity index (χ2n) is 4.95. The lowest BCUT2D eigenvalue weighted by Crippen LogP contribution is -2.53. The number of esters is 1. The Kier molecular flexibility index (Phi) is 2.23. The monoisotopic (exact) mass is 221 g/mol. The Labute approximate surface area is 94.7 Å². The molecule has 1 N–H and O–H groups in total. The zero-order valence-electron chi connectivity index (χ0n) is 9.50. The van der Waals surface area contributed by atoms with E-state index >= 15 is 0 Å². The van der Waals surface area contributed by atoms with Crippen molar-refractivity contribution < 1.29 is 14.3 Å². The largest absolute Gasteiger partial charge is 0.448 e. The van der Waals surface area contributed by atoms with Gasteiger partial charge >= 0.3 is 5.97 Å². The Morgan fingerprint density at radius 1 is 1.69 bits per heavy atom. The summed E-state index contributed by atoms with van der Waals surface area (Å²) in [6, 6.07) is 0. The zero-order valence-corrected chi connectivity index (χ0v) is 9.50. The lowest BCUT2D eigenvalue weighted by molar-refractivity contribution is -0.166. The summed E-state index contributed by atoms with van der Waals surface area (Å²) in [7, 11) is 0. The number of nitrogens with one attached hydrogen (secondary N) is 1. The first-order valence-electron chi connectivity index (χ1n) is 5.40. The highest BCUT2D eigenvalue weighted by atomic mass is 16.6. The summed E-state index contributed by atoms with van der Waals surface area (Å²) in [4.78, 5) is 23.7. The second-order valence-corrected chi connectivity index (χ2v) is 4.95. The predicted octanol–water partition coefficient (Wildman–Crippen LogP) is 0.468. The van der Waals surface area contributed by atoms with E-state index in [-0.39, 0.29) is 24.3 Å². The molecule has 1 amide bonds. The molecular formula is C12H15NO3. The van der Waals surface area contributed by atoms with Crippen LogP contribution in [0, 0.1) is 23.7 Å². The van der Waals surface area contributed by atoms with Crippen molar-refractivity contribution in [3.63, 3.8) is 0 Å². The first kappa shape index (κ1) is 11.0. The third kappa shape index (κ3) is 1.12. The minimum absolute atomic E-state index is 0.163. The minimum atomic E-state index is -1.01. The van der Waals surface area contributed by atoms with Gasteiger partial charge in [-0.1, -0.05) is 19.8 Å². The number of carbonyl (C=O) groups excluding carboxylic acids is 2. The minimum Gasteiger partial charge on any atom is -0.448 e. The normalized spacial score (nSPS) is 34.3. The maximum atomic E-state index is 12.1. The van der Waals surface area contributed by atoms with Crippen LogP contribution in [0.25, 0.3) is 0 Å². The molecule has 0 aromatic rings. The van der Waals surface area contributed by atoms with E-state index in [0.717, 1.165) is 6.42 Å². The van der Waals surface area contributed by atoms with Gasteiger partial charge in [0.2, 0.25) is 0 Å². The molecule has 1 aliphatic carbocycles. The van der Waals surface area contributed by atoms with Crippen LogP contribution < -0.4 is 5.32 Å². The molecule has 0 spiro atoms. The molecule has 1 heterocycles. The van der Waals surface area contributed by atoms with Crippen LogP contribution in [-0.2, 0) is 14.3 Å². The Morgan fingerprint density at radius 3 is 2.81 bits per heavy atom. The summed E-state index contributed by atoms with van der Waals surface area (Å²) in [5.74, 6) is 1.66. The highest BCUT2D eigenvalue weighted by molar-refractivity contribution is 5.94. The summed E-state index contributed by atoms with van der Waals surface area (Å²) >= 11 is 0. The van der Waals surface area contributed by atoms with Crippen LogP contribution in [0.3, 0.4) is 0 Å². The molecule has 2 rings (SSSR count). The zero-order chi connectivity index (χ0) is 12.0. The summed E-state index contributed by atoms with van der Waals surface area (Å²) in [5.41, 5.74) is -1.45. The molecule has 1 saturated carbocycles. The topological polar surface area (TPSA) is 55.4 Å². The molecule has 86 valence electrons. The van der Waals surface area contributed by atoms with Crippen LogP contribution in [0.15, 0.2) is 0 Å². The Morgan fingerprint density at radius 2 is 2.38 bits per heavy atom. The van der Waals surface area contributed by atoms with E-state index in [0.29, 0.717) is 6.42 Å². The molecule has 2 atom stereocenters. The average molecular weight is 221 g/mol. The van der Waals surface area contributed by atoms with Gasteiger partial charge in [0.05, 0.1) is 12.5 Å². The highest BCUT2D eigenvalue weighted by Gasteiger charge is 2.69. The van der Waals surface area contributed by atoms with Crippen molar-refractivity contribution in [2.24, 2.45) is 11.3 Å². The van der Waals surface area contributed by atoms with Crippen LogP contribution >= 0.6 is 0 Å². The number of terminal acetylenes is 1. The van der Waals surface area contributed by atoms with E-state index in [9.17, 15) is 9.59 Å². The van der Waals surface area contributed by atoms with Gasteiger partial charge in [-0.25, -0.2) is 0 Å². The van der Waals surface area contributed by atoms with Gasteiger partial charge in [0.1, 0.15) is 0 Å². The molecule has 2 bridgehead atoms. The molecule has 2 aliphatic rings. The molecule has 4 nitrogen and oxygen atoms in total. The Hall–Kier alpha value is -1.50. The Balaban J connectivity index is 2.28. The lowest BCUT2D eigenvalue weighted by Gasteiger charge is -2.33. The summed E-state index contributed by atoms with van der Waals surface area (Å²) in [6.45, 7) is 3.98. The smallest absolute Gasteiger partial charge is 0.310 e. The first-order valence-corrected chi connectivity index (χ1v) is 5.40. The van der Waals surface area contributed by atoms with Crippen molar-refractivity contribution >= 4 is 11.9 Å². The third-order valence-electron chi connectivity index (χ3n) is 3.97. The van der Waals surface area contributed by atoms with E-state index < -0.39 is 11.0 Å². The van der Waals surface area contributed by atoms with E-state index in [1.165, 1.54) is 0 Å². The molecule has 16 heavy (non-hydrogen) atoms. The first-order chi connectivity index (χ1) is 7.45. The molecule has 2 unspecified atom stereocenters. The standard InChI is InChI=1S/C12H15NO3/c1-4-7-13-10(15)12-6-5-8(9(14)16-12)11(12,2)3/h1,8H,5-7H2,2-3H3,(H,13,15). The average Bonchev–Trinajstić information content (AvgIpc) is 2.59. The van der Waals surface area contributed by atoms with Crippen molar-refractivity contribution in [2.45, 2.75) is 32.3 Å². The fraction of sp³-hybridized carbons (Fsp3) is 0.667. The van der Waals surface area contributed by atoms with Crippen LogP contribution in [0.1, 0.15) is 26.7 Å². The number of hydrogen-bond acceptors (Lipinski definition) is 3. The number of carbonyl (C=O) groups is 2. The van der Waals surface area contributed by atoms with Gasteiger partial charge < -0.3 is 10.1 Å². The Bertz CT molecular complexity index is 394. The van der Waals surface area contributed by atoms with Crippen molar-refractivity contribution in [2.75, 3.05) is 6.54 Å². The van der Waals surface area contributed by atoms with Gasteiger partial charge in [-0.15, -0.1) is 6.42 Å². The number of hydrogen-bond donors (Lipinski definition) is 1. The van der Waals surface area contributed by atoms with Crippen molar-refractivity contribution in [1.82, 2.24) is 5.32 Å².